The molecule has 0 radical (unpaired) electrons. The van der Waals surface area contributed by atoms with Gasteiger partial charge >= 0.3 is 5.97 Å². The highest BCUT2D eigenvalue weighted by Crippen LogP contribution is 2.32. The van der Waals surface area contributed by atoms with Crippen LogP contribution in [0.2, 0.25) is 0 Å². The predicted octanol–water partition coefficient (Wildman–Crippen LogP) is 4.57. The third-order valence-electron chi connectivity index (χ3n) is 5.23. The molecule has 2 aromatic carbocycles. The second kappa shape index (κ2) is 6.84. The van der Waals surface area contributed by atoms with E-state index in [0.29, 0.717) is 16.9 Å². The Morgan fingerprint density at radius 1 is 1.07 bits per heavy atom. The Morgan fingerprint density at radius 2 is 1.90 bits per heavy atom. The summed E-state index contributed by atoms with van der Waals surface area (Å²) in [5, 5.41) is 2.85. The van der Waals surface area contributed by atoms with Gasteiger partial charge in [0.25, 0.3) is 5.56 Å². The molecule has 5 aromatic rings. The molecule has 0 N–H and O–H groups in total. The number of furan rings is 1. The number of carbonyl (C=O) groups excluding carboxylic acids is 1. The third kappa shape index (κ3) is 2.93. The highest BCUT2D eigenvalue weighted by Gasteiger charge is 2.20. The summed E-state index contributed by atoms with van der Waals surface area (Å²) >= 11 is 0. The summed E-state index contributed by atoms with van der Waals surface area (Å²) in [6, 6.07) is 16.8. The molecule has 3 heterocycles. The number of benzene rings is 2. The molecule has 5 rings (SSSR count). The molecule has 0 bridgehead atoms. The Balaban J connectivity index is 1.46. The number of aryl methyl sites for hydroxylation is 2. The fourth-order valence-corrected chi connectivity index (χ4v) is 3.68. The zero-order valence-corrected chi connectivity index (χ0v) is 16.5. The van der Waals surface area contributed by atoms with E-state index in [1.807, 2.05) is 56.3 Å². The molecule has 0 aliphatic carbocycles. The highest BCUT2D eigenvalue weighted by molar-refractivity contribution is 6.08. The Morgan fingerprint density at radius 3 is 2.77 bits per heavy atom. The van der Waals surface area contributed by atoms with Gasteiger partial charge in [-0.3, -0.25) is 9.20 Å². The first-order chi connectivity index (χ1) is 14.5. The maximum absolute atomic E-state index is 12.7. The van der Waals surface area contributed by atoms with Crippen LogP contribution in [0.4, 0.5) is 0 Å². The fraction of sp³-hybridized carbons (Fsp3) is 0.125. The fourth-order valence-electron chi connectivity index (χ4n) is 3.68. The molecular formula is C24H18N2O4. The van der Waals surface area contributed by atoms with Crippen LogP contribution in [0.1, 0.15) is 27.4 Å². The first kappa shape index (κ1) is 18.1. The van der Waals surface area contributed by atoms with Crippen molar-refractivity contribution in [1.82, 2.24) is 9.38 Å². The molecule has 0 amide bonds. The number of rotatable bonds is 3. The maximum Gasteiger partial charge on any atom is 0.374 e. The van der Waals surface area contributed by atoms with E-state index in [4.69, 9.17) is 9.15 Å². The highest BCUT2D eigenvalue weighted by atomic mass is 16.5. The lowest BCUT2D eigenvalue weighted by Crippen LogP contribution is -2.17. The lowest BCUT2D eigenvalue weighted by molar-refractivity contribution is 0.0432. The summed E-state index contributed by atoms with van der Waals surface area (Å²) in [6.45, 7) is 3.62. The van der Waals surface area contributed by atoms with Crippen LogP contribution in [0, 0.1) is 13.8 Å². The number of esters is 1. The molecule has 0 saturated carbocycles. The van der Waals surface area contributed by atoms with Gasteiger partial charge in [-0.05, 0) is 30.9 Å². The van der Waals surface area contributed by atoms with Gasteiger partial charge in [0.05, 0.1) is 5.69 Å². The number of pyridine rings is 1. The molecule has 0 spiro atoms. The minimum atomic E-state index is -0.585. The molecule has 0 fully saturated rings. The first-order valence-electron chi connectivity index (χ1n) is 9.58. The summed E-state index contributed by atoms with van der Waals surface area (Å²) < 4.78 is 12.8. The zero-order valence-electron chi connectivity index (χ0n) is 16.5. The van der Waals surface area contributed by atoms with Crippen molar-refractivity contribution < 1.29 is 13.9 Å². The van der Waals surface area contributed by atoms with Gasteiger partial charge in [0.1, 0.15) is 17.8 Å². The van der Waals surface area contributed by atoms with Gasteiger partial charge in [-0.15, -0.1) is 0 Å². The molecule has 0 aliphatic heterocycles. The van der Waals surface area contributed by atoms with Crippen molar-refractivity contribution in [2.24, 2.45) is 0 Å². The van der Waals surface area contributed by atoms with Gasteiger partial charge in [0.15, 0.2) is 0 Å². The molecule has 6 heteroatoms. The maximum atomic E-state index is 12.7. The predicted molar refractivity (Wildman–Crippen MR) is 114 cm³/mol. The van der Waals surface area contributed by atoms with Crippen LogP contribution >= 0.6 is 0 Å². The largest absolute Gasteiger partial charge is 0.453 e. The van der Waals surface area contributed by atoms with Gasteiger partial charge in [-0.2, -0.15) is 0 Å². The molecule has 6 nitrogen and oxygen atoms in total. The third-order valence-corrected chi connectivity index (χ3v) is 5.23. The quantitative estimate of drug-likeness (QED) is 0.416. The van der Waals surface area contributed by atoms with Crippen molar-refractivity contribution >= 4 is 33.4 Å². The average molecular weight is 398 g/mol. The molecule has 0 atom stereocenters. The van der Waals surface area contributed by atoms with Crippen LogP contribution in [-0.4, -0.2) is 15.4 Å². The summed E-state index contributed by atoms with van der Waals surface area (Å²) in [4.78, 5) is 29.4. The van der Waals surface area contributed by atoms with E-state index >= 15 is 0 Å². The Kier molecular flexibility index (Phi) is 4.13. The molecule has 30 heavy (non-hydrogen) atoms. The summed E-state index contributed by atoms with van der Waals surface area (Å²) in [7, 11) is 0. The number of nitrogens with zero attached hydrogens (tertiary/aromatic N) is 2. The minimum absolute atomic E-state index is 0.115. The molecule has 3 aromatic heterocycles. The van der Waals surface area contributed by atoms with Crippen LogP contribution < -0.4 is 5.56 Å². The monoisotopic (exact) mass is 398 g/mol. The van der Waals surface area contributed by atoms with Crippen molar-refractivity contribution in [2.75, 3.05) is 0 Å². The van der Waals surface area contributed by atoms with Crippen molar-refractivity contribution in [1.29, 1.82) is 0 Å². The lowest BCUT2D eigenvalue weighted by atomic mass is 10.1. The Hall–Kier alpha value is -3.93. The molecule has 0 aliphatic rings. The second-order valence-corrected chi connectivity index (χ2v) is 7.32. The lowest BCUT2D eigenvalue weighted by Gasteiger charge is -2.06. The van der Waals surface area contributed by atoms with Crippen LogP contribution in [0.3, 0.4) is 0 Å². The van der Waals surface area contributed by atoms with Crippen LogP contribution in [0.15, 0.2) is 70.0 Å². The van der Waals surface area contributed by atoms with Gasteiger partial charge in [0.2, 0.25) is 5.76 Å². The number of fused-ring (bicyclic) bond motifs is 4. The average Bonchev–Trinajstić information content (AvgIpc) is 3.10. The van der Waals surface area contributed by atoms with Gasteiger partial charge in [-0.1, -0.05) is 42.5 Å². The van der Waals surface area contributed by atoms with Crippen molar-refractivity contribution in [3.05, 3.63) is 93.7 Å². The molecule has 0 saturated heterocycles. The van der Waals surface area contributed by atoms with Gasteiger partial charge in [-0.25, -0.2) is 9.78 Å². The van der Waals surface area contributed by atoms with Crippen LogP contribution in [0.5, 0.6) is 0 Å². The van der Waals surface area contributed by atoms with E-state index in [9.17, 15) is 9.59 Å². The van der Waals surface area contributed by atoms with Gasteiger partial charge < -0.3 is 9.15 Å². The van der Waals surface area contributed by atoms with E-state index in [2.05, 4.69) is 4.98 Å². The SMILES string of the molecule is Cc1ccc2nc(COC(=O)c3oc4c(ccc5ccccc54)c3C)cc(=O)n2c1. The van der Waals surface area contributed by atoms with Crippen LogP contribution in [0.25, 0.3) is 27.4 Å². The molecule has 148 valence electrons. The van der Waals surface area contributed by atoms with Crippen molar-refractivity contribution in [3.8, 4) is 0 Å². The normalized spacial score (nSPS) is 11.4. The van der Waals surface area contributed by atoms with Gasteiger partial charge in [0, 0.05) is 28.6 Å². The van der Waals surface area contributed by atoms with E-state index < -0.39 is 5.97 Å². The van der Waals surface area contributed by atoms with Crippen LogP contribution in [-0.2, 0) is 11.3 Å². The summed E-state index contributed by atoms with van der Waals surface area (Å²) in [6.07, 6.45) is 1.72. The van der Waals surface area contributed by atoms with E-state index in [1.165, 1.54) is 10.5 Å². The molecular weight excluding hydrogens is 380 g/mol. The standard InChI is InChI=1S/C24H18N2O4/c1-14-7-10-20-25-17(11-21(27)26(20)12-14)13-29-24(28)22-15(2)18-9-8-16-5-3-4-6-19(16)23(18)30-22/h3-12H,13H2,1-2H3. The topological polar surface area (TPSA) is 73.8 Å². The van der Waals surface area contributed by atoms with Crippen molar-refractivity contribution in [3.63, 3.8) is 0 Å². The number of hydrogen-bond donors (Lipinski definition) is 0. The Bertz CT molecular complexity index is 1510. The van der Waals surface area contributed by atoms with E-state index in [-0.39, 0.29) is 17.9 Å². The summed E-state index contributed by atoms with van der Waals surface area (Å²) in [5.41, 5.74) is 3.01. The number of hydrogen-bond acceptors (Lipinski definition) is 5. The van der Waals surface area contributed by atoms with E-state index in [1.54, 1.807) is 12.3 Å². The second-order valence-electron chi connectivity index (χ2n) is 7.32. The number of ether oxygens (including phenoxy) is 1. The van der Waals surface area contributed by atoms with E-state index in [0.717, 1.165) is 27.3 Å². The minimum Gasteiger partial charge on any atom is -0.453 e. The number of aromatic nitrogens is 2. The van der Waals surface area contributed by atoms with Crippen molar-refractivity contribution in [2.45, 2.75) is 20.5 Å². The Labute approximate surface area is 171 Å². The number of carbonyl (C=O) groups is 1. The molecule has 0 unspecified atom stereocenters. The first-order valence-corrected chi connectivity index (χ1v) is 9.58. The zero-order chi connectivity index (χ0) is 20.8. The summed E-state index contributed by atoms with van der Waals surface area (Å²) in [5.74, 6) is -0.423. The smallest absolute Gasteiger partial charge is 0.374 e.